The molecule has 0 atom stereocenters. The molecule has 1 fully saturated rings. The highest BCUT2D eigenvalue weighted by molar-refractivity contribution is 5.94. The minimum atomic E-state index is 0.170. The van der Waals surface area contributed by atoms with E-state index in [0.29, 0.717) is 0 Å². The largest absolute Gasteiger partial charge is 0.336 e. The average molecular weight is 321 g/mol. The SMILES string of the molecule is O=C(c1ccc2c(c1)CNC2)N1CCN(Cc2ccccc2)CC1. The van der Waals surface area contributed by atoms with Gasteiger partial charge in [-0.05, 0) is 28.8 Å². The number of hydrogen-bond donors (Lipinski definition) is 1. The normalized spacial score (nSPS) is 17.8. The molecular weight excluding hydrogens is 298 g/mol. The molecule has 2 aromatic rings. The van der Waals surface area contributed by atoms with Crippen molar-refractivity contribution in [3.05, 3.63) is 70.8 Å². The maximum Gasteiger partial charge on any atom is 0.253 e. The first-order valence-electron chi connectivity index (χ1n) is 8.68. The van der Waals surface area contributed by atoms with Crippen molar-refractivity contribution in [3.63, 3.8) is 0 Å². The van der Waals surface area contributed by atoms with Crippen molar-refractivity contribution >= 4 is 5.91 Å². The van der Waals surface area contributed by atoms with Crippen LogP contribution in [0.15, 0.2) is 48.5 Å². The molecule has 0 aliphatic carbocycles. The van der Waals surface area contributed by atoms with E-state index in [2.05, 4.69) is 46.6 Å². The summed E-state index contributed by atoms with van der Waals surface area (Å²) >= 11 is 0. The standard InChI is InChI=1S/C20H23N3O/c24-20(17-6-7-18-13-21-14-19(18)12-17)23-10-8-22(9-11-23)15-16-4-2-1-3-5-16/h1-7,12,21H,8-11,13-15H2. The molecule has 4 nitrogen and oxygen atoms in total. The average Bonchev–Trinajstić information content (AvgIpc) is 3.10. The summed E-state index contributed by atoms with van der Waals surface area (Å²) in [7, 11) is 0. The Morgan fingerprint density at radius 3 is 2.46 bits per heavy atom. The van der Waals surface area contributed by atoms with Gasteiger partial charge in [0.1, 0.15) is 0 Å². The maximum atomic E-state index is 12.8. The Morgan fingerprint density at radius 1 is 0.917 bits per heavy atom. The molecule has 0 spiro atoms. The van der Waals surface area contributed by atoms with Crippen LogP contribution in [0.2, 0.25) is 0 Å². The summed E-state index contributed by atoms with van der Waals surface area (Å²) < 4.78 is 0. The Kier molecular flexibility index (Phi) is 4.32. The van der Waals surface area contributed by atoms with E-state index in [1.54, 1.807) is 0 Å². The topological polar surface area (TPSA) is 35.6 Å². The summed E-state index contributed by atoms with van der Waals surface area (Å²) in [5.41, 5.74) is 4.75. The van der Waals surface area contributed by atoms with E-state index < -0.39 is 0 Å². The molecule has 4 heteroatoms. The molecule has 0 saturated carbocycles. The summed E-state index contributed by atoms with van der Waals surface area (Å²) in [6, 6.07) is 16.7. The van der Waals surface area contributed by atoms with Crippen molar-refractivity contribution in [2.45, 2.75) is 19.6 Å². The molecule has 0 radical (unpaired) electrons. The summed E-state index contributed by atoms with van der Waals surface area (Å²) in [5, 5.41) is 3.33. The second-order valence-electron chi connectivity index (χ2n) is 6.64. The second-order valence-corrected chi connectivity index (χ2v) is 6.64. The van der Waals surface area contributed by atoms with Gasteiger partial charge >= 0.3 is 0 Å². The lowest BCUT2D eigenvalue weighted by molar-refractivity contribution is 0.0628. The first-order valence-corrected chi connectivity index (χ1v) is 8.68. The number of nitrogens with one attached hydrogen (secondary N) is 1. The summed E-state index contributed by atoms with van der Waals surface area (Å²) in [6.07, 6.45) is 0. The fourth-order valence-electron chi connectivity index (χ4n) is 3.56. The molecule has 0 unspecified atom stereocenters. The van der Waals surface area contributed by atoms with E-state index in [9.17, 15) is 4.79 Å². The lowest BCUT2D eigenvalue weighted by atomic mass is 10.1. The van der Waals surface area contributed by atoms with Crippen molar-refractivity contribution in [1.29, 1.82) is 0 Å². The van der Waals surface area contributed by atoms with Gasteiger partial charge in [0.2, 0.25) is 0 Å². The van der Waals surface area contributed by atoms with E-state index in [0.717, 1.165) is 51.4 Å². The minimum absolute atomic E-state index is 0.170. The van der Waals surface area contributed by atoms with E-state index >= 15 is 0 Å². The number of carbonyl (C=O) groups excluding carboxylic acids is 1. The third-order valence-corrected chi connectivity index (χ3v) is 4.99. The maximum absolute atomic E-state index is 12.8. The number of benzene rings is 2. The Hall–Kier alpha value is -2.17. The third kappa shape index (κ3) is 3.21. The number of amides is 1. The Morgan fingerprint density at radius 2 is 1.67 bits per heavy atom. The molecule has 0 aromatic heterocycles. The van der Waals surface area contributed by atoms with Crippen LogP contribution in [-0.4, -0.2) is 41.9 Å². The van der Waals surface area contributed by atoms with Crippen molar-refractivity contribution in [2.75, 3.05) is 26.2 Å². The van der Waals surface area contributed by atoms with Gasteiger partial charge in [0.15, 0.2) is 0 Å². The molecule has 4 rings (SSSR count). The molecule has 0 bridgehead atoms. The van der Waals surface area contributed by atoms with Crippen LogP contribution in [0.5, 0.6) is 0 Å². The van der Waals surface area contributed by atoms with E-state index in [4.69, 9.17) is 0 Å². The number of carbonyl (C=O) groups is 1. The number of fused-ring (bicyclic) bond motifs is 1. The summed E-state index contributed by atoms with van der Waals surface area (Å²) in [6.45, 7) is 6.25. The predicted molar refractivity (Wildman–Crippen MR) is 94.6 cm³/mol. The smallest absolute Gasteiger partial charge is 0.253 e. The third-order valence-electron chi connectivity index (χ3n) is 4.99. The zero-order valence-corrected chi connectivity index (χ0v) is 13.9. The van der Waals surface area contributed by atoms with E-state index in [1.807, 2.05) is 17.0 Å². The molecule has 2 aliphatic rings. The highest BCUT2D eigenvalue weighted by Gasteiger charge is 2.23. The fourth-order valence-corrected chi connectivity index (χ4v) is 3.56. The zero-order chi connectivity index (χ0) is 16.4. The Balaban J connectivity index is 1.36. The van der Waals surface area contributed by atoms with Gasteiger partial charge in [-0.1, -0.05) is 36.4 Å². The van der Waals surface area contributed by atoms with Crippen LogP contribution in [0, 0.1) is 0 Å². The monoisotopic (exact) mass is 321 g/mol. The van der Waals surface area contributed by atoms with E-state index in [-0.39, 0.29) is 5.91 Å². The van der Waals surface area contributed by atoms with Crippen LogP contribution in [-0.2, 0) is 19.6 Å². The van der Waals surface area contributed by atoms with Crippen LogP contribution in [0.1, 0.15) is 27.0 Å². The van der Waals surface area contributed by atoms with Crippen LogP contribution in [0.4, 0.5) is 0 Å². The van der Waals surface area contributed by atoms with Gasteiger partial charge in [0, 0.05) is 51.4 Å². The number of piperazine rings is 1. The Labute approximate surface area is 143 Å². The van der Waals surface area contributed by atoms with Crippen LogP contribution < -0.4 is 5.32 Å². The number of rotatable bonds is 3. The van der Waals surface area contributed by atoms with Crippen molar-refractivity contribution in [1.82, 2.24) is 15.1 Å². The quantitative estimate of drug-likeness (QED) is 0.942. The van der Waals surface area contributed by atoms with Gasteiger partial charge in [-0.3, -0.25) is 9.69 Å². The summed E-state index contributed by atoms with van der Waals surface area (Å²) in [5.74, 6) is 0.170. The molecule has 1 saturated heterocycles. The van der Waals surface area contributed by atoms with Gasteiger partial charge in [0.05, 0.1) is 0 Å². The Bertz CT molecular complexity index is 721. The molecular formula is C20H23N3O. The van der Waals surface area contributed by atoms with Crippen molar-refractivity contribution in [2.24, 2.45) is 0 Å². The summed E-state index contributed by atoms with van der Waals surface area (Å²) in [4.78, 5) is 17.2. The highest BCUT2D eigenvalue weighted by Crippen LogP contribution is 2.19. The second kappa shape index (κ2) is 6.75. The van der Waals surface area contributed by atoms with Gasteiger partial charge in [0.25, 0.3) is 5.91 Å². The number of nitrogens with zero attached hydrogens (tertiary/aromatic N) is 2. The molecule has 2 aliphatic heterocycles. The van der Waals surface area contributed by atoms with Crippen LogP contribution in [0.3, 0.4) is 0 Å². The first-order chi connectivity index (χ1) is 11.8. The predicted octanol–water partition coefficient (Wildman–Crippen LogP) is 2.25. The number of hydrogen-bond acceptors (Lipinski definition) is 3. The minimum Gasteiger partial charge on any atom is -0.336 e. The first kappa shape index (κ1) is 15.4. The fraction of sp³-hybridized carbons (Fsp3) is 0.350. The lowest BCUT2D eigenvalue weighted by Gasteiger charge is -2.34. The highest BCUT2D eigenvalue weighted by atomic mass is 16.2. The van der Waals surface area contributed by atoms with Gasteiger partial charge < -0.3 is 10.2 Å². The lowest BCUT2D eigenvalue weighted by Crippen LogP contribution is -2.48. The van der Waals surface area contributed by atoms with Gasteiger partial charge in [-0.15, -0.1) is 0 Å². The molecule has 2 aromatic carbocycles. The van der Waals surface area contributed by atoms with Crippen molar-refractivity contribution < 1.29 is 4.79 Å². The molecule has 124 valence electrons. The molecule has 1 N–H and O–H groups in total. The molecule has 2 heterocycles. The van der Waals surface area contributed by atoms with Crippen LogP contribution in [0.25, 0.3) is 0 Å². The zero-order valence-electron chi connectivity index (χ0n) is 13.9. The van der Waals surface area contributed by atoms with Gasteiger partial charge in [-0.2, -0.15) is 0 Å². The van der Waals surface area contributed by atoms with Crippen LogP contribution >= 0.6 is 0 Å². The van der Waals surface area contributed by atoms with Crippen molar-refractivity contribution in [3.8, 4) is 0 Å². The van der Waals surface area contributed by atoms with E-state index in [1.165, 1.54) is 16.7 Å². The molecule has 24 heavy (non-hydrogen) atoms. The molecule has 1 amide bonds. The van der Waals surface area contributed by atoms with Gasteiger partial charge in [-0.25, -0.2) is 0 Å².